The van der Waals surface area contributed by atoms with Gasteiger partial charge in [0.2, 0.25) is 0 Å². The third-order valence-corrected chi connectivity index (χ3v) is 2.38. The molecule has 0 aromatic carbocycles. The van der Waals surface area contributed by atoms with E-state index < -0.39 is 6.04 Å². The topological polar surface area (TPSA) is 57.7 Å². The highest BCUT2D eigenvalue weighted by Crippen LogP contribution is 2.13. The molecule has 0 bridgehead atoms. The van der Waals surface area contributed by atoms with E-state index in [0.717, 1.165) is 4.90 Å². The number of Topliss-reactive ketones (excluding diaryl/α,β-unsaturated/α-hetero) is 1. The first kappa shape index (κ1) is 10.7. The highest BCUT2D eigenvalue weighted by atomic mass is 16.2. The number of urea groups is 1. The molecule has 1 atom stereocenters. The Morgan fingerprint density at radius 3 is 2.43 bits per heavy atom. The zero-order chi connectivity index (χ0) is 10.9. The van der Waals surface area contributed by atoms with Gasteiger partial charge in [-0.2, -0.15) is 0 Å². The Morgan fingerprint density at radius 1 is 1.50 bits per heavy atom. The summed E-state index contributed by atoms with van der Waals surface area (Å²) in [6, 6.07) is -1.02. The van der Waals surface area contributed by atoms with Crippen molar-refractivity contribution in [1.82, 2.24) is 9.80 Å². The van der Waals surface area contributed by atoms with Crippen molar-refractivity contribution in [3.8, 4) is 0 Å². The van der Waals surface area contributed by atoms with E-state index in [4.69, 9.17) is 0 Å². The lowest BCUT2D eigenvalue weighted by Crippen LogP contribution is -2.43. The monoisotopic (exact) mass is 198 g/mol. The Balaban J connectivity index is 2.82. The molecule has 0 aromatic rings. The number of imide groups is 1. The number of ketones is 1. The summed E-state index contributed by atoms with van der Waals surface area (Å²) in [5, 5.41) is 0. The molecule has 1 rings (SSSR count). The number of rotatable bonds is 3. The van der Waals surface area contributed by atoms with Gasteiger partial charge >= 0.3 is 6.03 Å². The molecule has 0 N–H and O–H groups in total. The van der Waals surface area contributed by atoms with Crippen molar-refractivity contribution in [1.29, 1.82) is 0 Å². The molecule has 1 heterocycles. The quantitative estimate of drug-likeness (QED) is 0.611. The van der Waals surface area contributed by atoms with Gasteiger partial charge in [0.05, 0.1) is 6.04 Å². The van der Waals surface area contributed by atoms with Crippen molar-refractivity contribution in [3.63, 3.8) is 0 Å². The van der Waals surface area contributed by atoms with Gasteiger partial charge in [0.15, 0.2) is 5.78 Å². The largest absolute Gasteiger partial charge is 0.327 e. The average molecular weight is 198 g/mol. The van der Waals surface area contributed by atoms with E-state index >= 15 is 0 Å². The van der Waals surface area contributed by atoms with Crippen LogP contribution in [0.15, 0.2) is 0 Å². The van der Waals surface area contributed by atoms with Crippen molar-refractivity contribution in [2.75, 3.05) is 13.6 Å². The Labute approximate surface area is 82.7 Å². The van der Waals surface area contributed by atoms with Crippen LogP contribution in [-0.2, 0) is 9.59 Å². The fourth-order valence-electron chi connectivity index (χ4n) is 1.46. The Bertz CT molecular complexity index is 288. The molecule has 0 aliphatic carbocycles. The highest BCUT2D eigenvalue weighted by molar-refractivity contribution is 6.05. The molecule has 1 unspecified atom stereocenters. The third-order valence-electron chi connectivity index (χ3n) is 2.38. The maximum atomic E-state index is 11.5. The minimum Gasteiger partial charge on any atom is -0.318 e. The molecule has 0 aromatic heterocycles. The summed E-state index contributed by atoms with van der Waals surface area (Å²) in [4.78, 5) is 36.5. The molecule has 1 aliphatic heterocycles. The molecule has 0 spiro atoms. The molecule has 5 nitrogen and oxygen atoms in total. The number of nitrogens with zero attached hydrogens (tertiary/aromatic N) is 2. The van der Waals surface area contributed by atoms with E-state index in [1.807, 2.05) is 0 Å². The smallest absolute Gasteiger partial charge is 0.318 e. The second-order valence-corrected chi connectivity index (χ2v) is 3.40. The van der Waals surface area contributed by atoms with Gasteiger partial charge in [-0.1, -0.05) is 6.92 Å². The lowest BCUT2D eigenvalue weighted by Gasteiger charge is -2.20. The van der Waals surface area contributed by atoms with E-state index in [9.17, 15) is 14.4 Å². The number of hydrogen-bond donors (Lipinski definition) is 0. The summed E-state index contributed by atoms with van der Waals surface area (Å²) >= 11 is 0. The average Bonchev–Trinajstić information content (AvgIpc) is 2.39. The standard InChI is InChI=1S/C9H14N2O3/c1-4-7(12)6(2)11-8(13)5-10(3)9(11)14/h6H,4-5H2,1-3H3. The lowest BCUT2D eigenvalue weighted by atomic mass is 10.1. The third kappa shape index (κ3) is 1.62. The normalized spacial score (nSPS) is 19.1. The summed E-state index contributed by atoms with van der Waals surface area (Å²) < 4.78 is 0. The molecule has 3 amide bonds. The van der Waals surface area contributed by atoms with Crippen molar-refractivity contribution >= 4 is 17.7 Å². The van der Waals surface area contributed by atoms with Crippen molar-refractivity contribution in [2.45, 2.75) is 26.3 Å². The van der Waals surface area contributed by atoms with Crippen LogP contribution in [0.2, 0.25) is 0 Å². The molecule has 1 fully saturated rings. The summed E-state index contributed by atoms with van der Waals surface area (Å²) in [6.45, 7) is 3.37. The van der Waals surface area contributed by atoms with E-state index in [2.05, 4.69) is 0 Å². The van der Waals surface area contributed by atoms with Crippen LogP contribution >= 0.6 is 0 Å². The Kier molecular flexibility index (Phi) is 2.88. The molecule has 1 aliphatic rings. The molecule has 78 valence electrons. The predicted octanol–water partition coefficient (Wildman–Crippen LogP) is 0.248. The van der Waals surface area contributed by atoms with Crippen LogP contribution in [0.5, 0.6) is 0 Å². The molecular formula is C9H14N2O3. The van der Waals surface area contributed by atoms with Crippen molar-refractivity contribution in [3.05, 3.63) is 0 Å². The van der Waals surface area contributed by atoms with Crippen LogP contribution in [-0.4, -0.2) is 47.2 Å². The van der Waals surface area contributed by atoms with Gasteiger partial charge in [-0.15, -0.1) is 0 Å². The van der Waals surface area contributed by atoms with Crippen LogP contribution in [0, 0.1) is 0 Å². The van der Waals surface area contributed by atoms with E-state index in [-0.39, 0.29) is 24.3 Å². The number of carbonyl (C=O) groups is 3. The Hall–Kier alpha value is -1.39. The van der Waals surface area contributed by atoms with Gasteiger partial charge in [0.25, 0.3) is 5.91 Å². The summed E-state index contributed by atoms with van der Waals surface area (Å²) in [5.41, 5.74) is 0. The minimum atomic E-state index is -0.634. The Morgan fingerprint density at radius 2 is 2.07 bits per heavy atom. The number of likely N-dealkylation sites (N-methyl/N-ethyl adjacent to an activating group) is 1. The maximum absolute atomic E-state index is 11.5. The van der Waals surface area contributed by atoms with Crippen molar-refractivity contribution in [2.24, 2.45) is 0 Å². The van der Waals surface area contributed by atoms with Gasteiger partial charge in [-0.25, -0.2) is 4.79 Å². The number of hydrogen-bond acceptors (Lipinski definition) is 3. The fraction of sp³-hybridized carbons (Fsp3) is 0.667. The molecule has 14 heavy (non-hydrogen) atoms. The van der Waals surface area contributed by atoms with Gasteiger partial charge < -0.3 is 4.90 Å². The van der Waals surface area contributed by atoms with Crippen LogP contribution in [0.3, 0.4) is 0 Å². The highest BCUT2D eigenvalue weighted by Gasteiger charge is 2.38. The van der Waals surface area contributed by atoms with E-state index in [1.54, 1.807) is 20.9 Å². The lowest BCUT2D eigenvalue weighted by molar-refractivity contribution is -0.132. The zero-order valence-corrected chi connectivity index (χ0v) is 8.61. The van der Waals surface area contributed by atoms with Gasteiger partial charge in [0, 0.05) is 13.5 Å². The zero-order valence-electron chi connectivity index (χ0n) is 8.61. The van der Waals surface area contributed by atoms with Crippen LogP contribution in [0.4, 0.5) is 4.79 Å². The first-order chi connectivity index (χ1) is 6.49. The SMILES string of the molecule is CCC(=O)C(C)N1C(=O)CN(C)C1=O. The first-order valence-electron chi connectivity index (χ1n) is 4.59. The molecular weight excluding hydrogens is 184 g/mol. The number of carbonyl (C=O) groups excluding carboxylic acids is 3. The van der Waals surface area contributed by atoms with E-state index in [1.165, 1.54) is 4.90 Å². The van der Waals surface area contributed by atoms with Crippen LogP contribution < -0.4 is 0 Å². The van der Waals surface area contributed by atoms with Gasteiger partial charge in [-0.05, 0) is 6.92 Å². The van der Waals surface area contributed by atoms with E-state index in [0.29, 0.717) is 6.42 Å². The first-order valence-corrected chi connectivity index (χ1v) is 4.59. The molecule has 1 saturated heterocycles. The second-order valence-electron chi connectivity index (χ2n) is 3.40. The maximum Gasteiger partial charge on any atom is 0.327 e. The molecule has 5 heteroatoms. The predicted molar refractivity (Wildman–Crippen MR) is 49.6 cm³/mol. The van der Waals surface area contributed by atoms with Crippen LogP contribution in [0.25, 0.3) is 0 Å². The summed E-state index contributed by atoms with van der Waals surface area (Å²) in [6.07, 6.45) is 0.335. The summed E-state index contributed by atoms with van der Waals surface area (Å²) in [7, 11) is 1.55. The van der Waals surface area contributed by atoms with Gasteiger partial charge in [0.1, 0.15) is 6.54 Å². The second kappa shape index (κ2) is 3.77. The molecule has 0 radical (unpaired) electrons. The van der Waals surface area contributed by atoms with Gasteiger partial charge in [-0.3, -0.25) is 14.5 Å². The minimum absolute atomic E-state index is 0.0696. The van der Waals surface area contributed by atoms with Crippen LogP contribution in [0.1, 0.15) is 20.3 Å². The fourth-order valence-corrected chi connectivity index (χ4v) is 1.46. The number of amides is 3. The summed E-state index contributed by atoms with van der Waals surface area (Å²) in [5.74, 6) is -0.395. The molecule has 0 saturated carbocycles. The van der Waals surface area contributed by atoms with Crippen molar-refractivity contribution < 1.29 is 14.4 Å².